The van der Waals surface area contributed by atoms with Crippen molar-refractivity contribution in [2.75, 3.05) is 6.54 Å². The molecule has 0 aliphatic rings. The molecule has 6 heteroatoms. The number of aryl methyl sites for hydroxylation is 2. The van der Waals surface area contributed by atoms with Gasteiger partial charge >= 0.3 is 0 Å². The molecule has 0 spiro atoms. The van der Waals surface area contributed by atoms with Gasteiger partial charge in [-0.2, -0.15) is 0 Å². The van der Waals surface area contributed by atoms with E-state index in [-0.39, 0.29) is 18.4 Å². The number of hydrogen-bond acceptors (Lipinski definition) is 4. The lowest BCUT2D eigenvalue weighted by atomic mass is 10.00. The van der Waals surface area contributed by atoms with Crippen LogP contribution >= 0.6 is 11.3 Å². The van der Waals surface area contributed by atoms with Crippen LogP contribution in [-0.2, 0) is 10.3 Å². The summed E-state index contributed by atoms with van der Waals surface area (Å²) >= 11 is 1.53. The van der Waals surface area contributed by atoms with Gasteiger partial charge in [-0.05, 0) is 38.8 Å². The van der Waals surface area contributed by atoms with Gasteiger partial charge in [-0.1, -0.05) is 25.1 Å². The summed E-state index contributed by atoms with van der Waals surface area (Å²) in [6.07, 6.45) is 0.720. The van der Waals surface area contributed by atoms with E-state index in [0.29, 0.717) is 5.56 Å². The molecule has 0 radical (unpaired) electrons. The van der Waals surface area contributed by atoms with E-state index < -0.39 is 5.54 Å². The number of carbonyl (C=O) groups is 2. The summed E-state index contributed by atoms with van der Waals surface area (Å²) in [5.41, 5.74) is 1.88. The van der Waals surface area contributed by atoms with Crippen molar-refractivity contribution in [2.24, 2.45) is 0 Å². The molecule has 128 valence electrons. The molecule has 0 unspecified atom stereocenters. The van der Waals surface area contributed by atoms with Gasteiger partial charge in [0.15, 0.2) is 0 Å². The molecule has 2 rings (SSSR count). The standard InChI is InChI=1S/C18H23N3O2S/c1-5-18(4,17-20-13(3)11-24-17)21-15(22)10-19-16(23)14-9-7-6-8-12(14)2/h6-9,11H,5,10H2,1-4H3,(H,19,23)(H,21,22)/t18-/m0/s1. The number of hydrogen-bond donors (Lipinski definition) is 2. The fraction of sp³-hybridized carbons (Fsp3) is 0.389. The predicted molar refractivity (Wildman–Crippen MR) is 96.1 cm³/mol. The number of carbonyl (C=O) groups excluding carboxylic acids is 2. The van der Waals surface area contributed by atoms with E-state index in [9.17, 15) is 9.59 Å². The Kier molecular flexibility index (Phi) is 5.72. The summed E-state index contributed by atoms with van der Waals surface area (Å²) in [5.74, 6) is -0.472. The van der Waals surface area contributed by atoms with E-state index in [0.717, 1.165) is 22.7 Å². The van der Waals surface area contributed by atoms with Crippen molar-refractivity contribution in [3.8, 4) is 0 Å². The number of nitrogens with zero attached hydrogens (tertiary/aromatic N) is 1. The number of amides is 2. The largest absolute Gasteiger partial charge is 0.343 e. The van der Waals surface area contributed by atoms with E-state index >= 15 is 0 Å². The molecule has 0 saturated carbocycles. The Morgan fingerprint density at radius 3 is 2.54 bits per heavy atom. The zero-order valence-electron chi connectivity index (χ0n) is 14.5. The van der Waals surface area contributed by atoms with Crippen LogP contribution in [0.3, 0.4) is 0 Å². The van der Waals surface area contributed by atoms with Crippen molar-refractivity contribution < 1.29 is 9.59 Å². The topological polar surface area (TPSA) is 71.1 Å². The average Bonchev–Trinajstić information content (AvgIpc) is 3.00. The number of rotatable bonds is 6. The van der Waals surface area contributed by atoms with Gasteiger partial charge in [0, 0.05) is 16.6 Å². The number of nitrogens with one attached hydrogen (secondary N) is 2. The van der Waals surface area contributed by atoms with Crippen LogP contribution in [0, 0.1) is 13.8 Å². The highest BCUT2D eigenvalue weighted by molar-refractivity contribution is 7.09. The molecule has 1 heterocycles. The summed E-state index contributed by atoms with van der Waals surface area (Å²) in [7, 11) is 0. The van der Waals surface area contributed by atoms with Gasteiger partial charge in [-0.3, -0.25) is 9.59 Å². The van der Waals surface area contributed by atoms with Crippen molar-refractivity contribution in [3.05, 3.63) is 51.5 Å². The lowest BCUT2D eigenvalue weighted by molar-refractivity contribution is -0.122. The molecule has 2 N–H and O–H groups in total. The fourth-order valence-electron chi connectivity index (χ4n) is 2.34. The maximum Gasteiger partial charge on any atom is 0.251 e. The van der Waals surface area contributed by atoms with E-state index in [2.05, 4.69) is 15.6 Å². The minimum Gasteiger partial charge on any atom is -0.343 e. The predicted octanol–water partition coefficient (Wildman–Crippen LogP) is 2.93. The first-order valence-corrected chi connectivity index (χ1v) is 8.81. The summed E-state index contributed by atoms with van der Waals surface area (Å²) in [6.45, 7) is 7.69. The molecule has 5 nitrogen and oxygen atoms in total. The Morgan fingerprint density at radius 2 is 1.96 bits per heavy atom. The SMILES string of the molecule is CC[C@](C)(NC(=O)CNC(=O)c1ccccc1C)c1nc(C)cs1. The third-order valence-electron chi connectivity index (χ3n) is 4.01. The van der Waals surface area contributed by atoms with Gasteiger partial charge in [0.05, 0.1) is 12.1 Å². The molecular formula is C18H23N3O2S. The average molecular weight is 345 g/mol. The zero-order valence-corrected chi connectivity index (χ0v) is 15.3. The van der Waals surface area contributed by atoms with Gasteiger partial charge in [-0.15, -0.1) is 11.3 Å². The molecule has 24 heavy (non-hydrogen) atoms. The number of aromatic nitrogens is 1. The molecule has 0 aliphatic heterocycles. The quantitative estimate of drug-likeness (QED) is 0.845. The molecule has 1 aromatic carbocycles. The van der Waals surface area contributed by atoms with Crippen molar-refractivity contribution in [1.82, 2.24) is 15.6 Å². The van der Waals surface area contributed by atoms with Gasteiger partial charge < -0.3 is 10.6 Å². The minimum absolute atomic E-state index is 0.0624. The van der Waals surface area contributed by atoms with Crippen molar-refractivity contribution in [2.45, 2.75) is 39.7 Å². The van der Waals surface area contributed by atoms with Crippen molar-refractivity contribution >= 4 is 23.2 Å². The maximum atomic E-state index is 12.3. The highest BCUT2D eigenvalue weighted by atomic mass is 32.1. The Hall–Kier alpha value is -2.21. The first kappa shape index (κ1) is 18.1. The monoisotopic (exact) mass is 345 g/mol. The van der Waals surface area contributed by atoms with E-state index in [1.807, 2.05) is 45.2 Å². The molecule has 0 saturated heterocycles. The van der Waals surface area contributed by atoms with Crippen molar-refractivity contribution in [3.63, 3.8) is 0 Å². The van der Waals surface area contributed by atoms with Gasteiger partial charge in [0.2, 0.25) is 5.91 Å². The molecule has 1 aromatic heterocycles. The van der Waals surface area contributed by atoms with Gasteiger partial charge in [0.25, 0.3) is 5.91 Å². The lowest BCUT2D eigenvalue weighted by Gasteiger charge is -2.27. The third-order valence-corrected chi connectivity index (χ3v) is 5.24. The third kappa shape index (κ3) is 4.20. The van der Waals surface area contributed by atoms with Gasteiger partial charge in [0.1, 0.15) is 5.01 Å². The summed E-state index contributed by atoms with van der Waals surface area (Å²) < 4.78 is 0. The second-order valence-corrected chi connectivity index (χ2v) is 6.88. The Morgan fingerprint density at radius 1 is 1.25 bits per heavy atom. The highest BCUT2D eigenvalue weighted by Gasteiger charge is 2.29. The summed E-state index contributed by atoms with van der Waals surface area (Å²) in [4.78, 5) is 28.9. The molecule has 2 amide bonds. The van der Waals surface area contributed by atoms with Crippen molar-refractivity contribution in [1.29, 1.82) is 0 Å². The Bertz CT molecular complexity index is 741. The lowest BCUT2D eigenvalue weighted by Crippen LogP contribution is -2.47. The highest BCUT2D eigenvalue weighted by Crippen LogP contribution is 2.27. The van der Waals surface area contributed by atoms with Crippen LogP contribution < -0.4 is 10.6 Å². The van der Waals surface area contributed by atoms with Crippen LogP contribution in [-0.4, -0.2) is 23.3 Å². The summed E-state index contributed by atoms with van der Waals surface area (Å²) in [6, 6.07) is 7.30. The molecule has 0 aliphatic carbocycles. The van der Waals surface area contributed by atoms with E-state index in [1.165, 1.54) is 11.3 Å². The molecule has 0 bridgehead atoms. The molecular weight excluding hydrogens is 322 g/mol. The minimum atomic E-state index is -0.524. The Labute approximate surface area is 146 Å². The van der Waals surface area contributed by atoms with Crippen LogP contribution in [0.25, 0.3) is 0 Å². The van der Waals surface area contributed by atoms with Gasteiger partial charge in [-0.25, -0.2) is 4.98 Å². The van der Waals surface area contributed by atoms with Crippen LogP contribution in [0.1, 0.15) is 46.9 Å². The van der Waals surface area contributed by atoms with E-state index in [1.54, 1.807) is 12.1 Å². The number of thiazole rings is 1. The fourth-order valence-corrected chi connectivity index (χ4v) is 3.32. The van der Waals surface area contributed by atoms with Crippen LogP contribution in [0.2, 0.25) is 0 Å². The van der Waals surface area contributed by atoms with Crippen LogP contribution in [0.5, 0.6) is 0 Å². The first-order valence-electron chi connectivity index (χ1n) is 7.93. The number of benzene rings is 1. The zero-order chi connectivity index (χ0) is 17.7. The second-order valence-electron chi connectivity index (χ2n) is 6.03. The van der Waals surface area contributed by atoms with Crippen LogP contribution in [0.15, 0.2) is 29.6 Å². The van der Waals surface area contributed by atoms with E-state index in [4.69, 9.17) is 0 Å². The molecule has 2 aromatic rings. The first-order chi connectivity index (χ1) is 11.4. The summed E-state index contributed by atoms with van der Waals surface area (Å²) in [5, 5.41) is 8.51. The maximum absolute atomic E-state index is 12.3. The second kappa shape index (κ2) is 7.57. The normalized spacial score (nSPS) is 13.2. The molecule has 1 atom stereocenters. The molecule has 0 fully saturated rings. The smallest absolute Gasteiger partial charge is 0.251 e. The Balaban J connectivity index is 1.97. The van der Waals surface area contributed by atoms with Crippen LogP contribution in [0.4, 0.5) is 0 Å².